The fraction of sp³-hybridized carbons (Fsp3) is 0.600. The van der Waals surface area contributed by atoms with Crippen LogP contribution in [0.2, 0.25) is 11.6 Å². The Kier molecular flexibility index (Phi) is 6.47. The Bertz CT molecular complexity index is 494. The van der Waals surface area contributed by atoms with Crippen molar-refractivity contribution in [3.8, 4) is 0 Å². The molecule has 0 unspecified atom stereocenters. The summed E-state index contributed by atoms with van der Waals surface area (Å²) >= 11 is 7.13. The van der Waals surface area contributed by atoms with Crippen LogP contribution in [0.3, 0.4) is 0 Å². The van der Waals surface area contributed by atoms with E-state index in [0.29, 0.717) is 0 Å². The second kappa shape index (κ2) is 8.58. The lowest BCUT2D eigenvalue weighted by atomic mass is 9.27. The molecule has 123 valence electrons. The topological polar surface area (TPSA) is 0 Å². The zero-order valence-corrected chi connectivity index (χ0v) is 16.2. The van der Waals surface area contributed by atoms with E-state index >= 15 is 0 Å². The van der Waals surface area contributed by atoms with Crippen molar-refractivity contribution in [2.75, 3.05) is 0 Å². The highest BCUT2D eigenvalue weighted by Crippen LogP contribution is 2.49. The van der Waals surface area contributed by atoms with Gasteiger partial charge >= 0.3 is 0 Å². The molecular weight excluding hydrogens is 315 g/mol. The van der Waals surface area contributed by atoms with Crippen LogP contribution in [-0.4, -0.2) is 14.8 Å². The standard InChI is InChI=1S/C20H29BClSi/c1-2-3-5-16-20(23(22)19-14-6-4-7-15-19)21-17-10-8-11-18(21)13-9-12-17/h4,6-7,14-18H,2-3,5,8-13H2,1H3/b20-16-. The van der Waals surface area contributed by atoms with Gasteiger partial charge in [0.05, 0.1) is 0 Å². The molecule has 2 saturated heterocycles. The molecule has 0 nitrogen and oxygen atoms in total. The molecule has 2 bridgehead atoms. The molecule has 0 atom stereocenters. The van der Waals surface area contributed by atoms with Crippen LogP contribution >= 0.6 is 11.1 Å². The summed E-state index contributed by atoms with van der Waals surface area (Å²) in [7, 11) is -1.09. The molecule has 0 spiro atoms. The van der Waals surface area contributed by atoms with Crippen LogP contribution in [0, 0.1) is 0 Å². The third-order valence-electron chi connectivity index (χ3n) is 5.88. The molecular formula is C20H29BClSi. The number of hydrogen-bond donors (Lipinski definition) is 0. The van der Waals surface area contributed by atoms with Gasteiger partial charge in [-0.15, -0.1) is 0 Å². The van der Waals surface area contributed by atoms with Crippen LogP contribution in [0.25, 0.3) is 0 Å². The third-order valence-corrected chi connectivity index (χ3v) is 9.07. The maximum Gasteiger partial charge on any atom is 0.220 e. The number of hydrogen-bond acceptors (Lipinski definition) is 0. The summed E-state index contributed by atoms with van der Waals surface area (Å²) in [5, 5.41) is 3.04. The van der Waals surface area contributed by atoms with Gasteiger partial charge in [-0.2, -0.15) is 11.1 Å². The summed E-state index contributed by atoms with van der Waals surface area (Å²) in [6.45, 7) is 3.08. The van der Waals surface area contributed by atoms with Crippen molar-refractivity contribution in [3.63, 3.8) is 0 Å². The Morgan fingerprint density at radius 2 is 1.74 bits per heavy atom. The van der Waals surface area contributed by atoms with Crippen LogP contribution in [-0.2, 0) is 0 Å². The third kappa shape index (κ3) is 4.14. The molecule has 0 amide bonds. The number of unbranched alkanes of at least 4 members (excludes halogenated alkanes) is 2. The molecule has 2 heterocycles. The Hall–Kier alpha value is -0.468. The molecule has 1 radical (unpaired) electrons. The largest absolute Gasteiger partial charge is 0.220 e. The van der Waals surface area contributed by atoms with E-state index in [4.69, 9.17) is 11.1 Å². The molecule has 3 heteroatoms. The highest BCUT2D eigenvalue weighted by Gasteiger charge is 2.43. The first-order valence-corrected chi connectivity index (χ1v) is 12.1. The average Bonchev–Trinajstić information content (AvgIpc) is 2.58. The fourth-order valence-electron chi connectivity index (χ4n) is 4.77. The summed E-state index contributed by atoms with van der Waals surface area (Å²) in [4.78, 5) is 0. The number of halogens is 1. The molecule has 0 aromatic heterocycles. The Balaban J connectivity index is 1.87. The average molecular weight is 344 g/mol. The summed E-state index contributed by atoms with van der Waals surface area (Å²) in [6.07, 6.45) is 15.0. The Morgan fingerprint density at radius 1 is 1.13 bits per heavy atom. The predicted octanol–water partition coefficient (Wildman–Crippen LogP) is 5.92. The summed E-state index contributed by atoms with van der Waals surface area (Å²) < 4.78 is 0. The first kappa shape index (κ1) is 17.4. The minimum atomic E-state index is -1.09. The van der Waals surface area contributed by atoms with E-state index < -0.39 is 8.11 Å². The number of benzene rings is 1. The Labute approximate surface area is 149 Å². The summed E-state index contributed by atoms with van der Waals surface area (Å²) in [5.74, 6) is 1.83. The van der Waals surface area contributed by atoms with Crippen LogP contribution in [0.1, 0.15) is 64.7 Å². The lowest BCUT2D eigenvalue weighted by Crippen LogP contribution is -2.43. The quantitative estimate of drug-likeness (QED) is 0.341. The van der Waals surface area contributed by atoms with Crippen molar-refractivity contribution in [3.05, 3.63) is 41.5 Å². The molecule has 0 aliphatic carbocycles. The van der Waals surface area contributed by atoms with Crippen molar-refractivity contribution in [1.82, 2.24) is 0 Å². The lowest BCUT2D eigenvalue weighted by molar-refractivity contribution is 0.446. The maximum absolute atomic E-state index is 7.13. The van der Waals surface area contributed by atoms with Crippen molar-refractivity contribution in [2.45, 2.75) is 76.3 Å². The second-order valence-electron chi connectivity index (χ2n) is 7.39. The fourth-order valence-corrected chi connectivity index (χ4v) is 7.66. The summed E-state index contributed by atoms with van der Waals surface area (Å²) in [5.41, 5.74) is 0. The number of rotatable bonds is 6. The van der Waals surface area contributed by atoms with Gasteiger partial charge in [0.25, 0.3) is 0 Å². The molecule has 3 rings (SSSR count). The van der Waals surface area contributed by atoms with Gasteiger partial charge in [0.15, 0.2) is 6.71 Å². The SMILES string of the molecule is CCCC/C=C(/B1C2CCCC1CCC2)[Si](Cl)c1ccccc1. The van der Waals surface area contributed by atoms with Gasteiger partial charge in [-0.1, -0.05) is 111 Å². The zero-order chi connectivity index (χ0) is 16.1. The minimum absolute atomic E-state index is 0.793. The van der Waals surface area contributed by atoms with E-state index in [2.05, 4.69) is 43.3 Å². The normalized spacial score (nSPS) is 25.0. The maximum atomic E-state index is 7.13. The molecule has 0 saturated carbocycles. The van der Waals surface area contributed by atoms with E-state index in [1.165, 1.54) is 63.0 Å². The summed E-state index contributed by atoms with van der Waals surface area (Å²) in [6, 6.07) is 10.9. The highest BCUT2D eigenvalue weighted by atomic mass is 35.6. The van der Waals surface area contributed by atoms with Crippen LogP contribution in [0.4, 0.5) is 0 Å². The smallest absolute Gasteiger partial charge is 0.157 e. The van der Waals surface area contributed by atoms with E-state index in [9.17, 15) is 0 Å². The van der Waals surface area contributed by atoms with Crippen molar-refractivity contribution in [1.29, 1.82) is 0 Å². The highest BCUT2D eigenvalue weighted by molar-refractivity contribution is 7.23. The molecule has 2 fully saturated rings. The van der Waals surface area contributed by atoms with E-state index in [1.54, 1.807) is 5.10 Å². The van der Waals surface area contributed by atoms with Gasteiger partial charge in [0, 0.05) is 0 Å². The first-order chi connectivity index (χ1) is 11.3. The molecule has 2 aliphatic rings. The van der Waals surface area contributed by atoms with Crippen LogP contribution in [0.5, 0.6) is 0 Å². The predicted molar refractivity (Wildman–Crippen MR) is 106 cm³/mol. The zero-order valence-electron chi connectivity index (χ0n) is 14.4. The second-order valence-corrected chi connectivity index (χ2v) is 10.3. The van der Waals surface area contributed by atoms with Gasteiger partial charge in [0.2, 0.25) is 8.11 Å². The van der Waals surface area contributed by atoms with E-state index in [-0.39, 0.29) is 0 Å². The molecule has 23 heavy (non-hydrogen) atoms. The van der Waals surface area contributed by atoms with Gasteiger partial charge in [0.1, 0.15) is 0 Å². The Morgan fingerprint density at radius 3 is 2.30 bits per heavy atom. The van der Waals surface area contributed by atoms with Crippen molar-refractivity contribution >= 4 is 31.1 Å². The molecule has 1 aromatic carbocycles. The minimum Gasteiger partial charge on any atom is -0.157 e. The van der Waals surface area contributed by atoms with Crippen LogP contribution < -0.4 is 5.19 Å². The van der Waals surface area contributed by atoms with Crippen molar-refractivity contribution < 1.29 is 0 Å². The van der Waals surface area contributed by atoms with Gasteiger partial charge in [-0.25, -0.2) is 0 Å². The monoisotopic (exact) mass is 343 g/mol. The lowest BCUT2D eigenvalue weighted by Gasteiger charge is -2.42. The number of fused-ring (bicyclic) bond motifs is 2. The van der Waals surface area contributed by atoms with E-state index in [1.807, 2.05) is 0 Å². The van der Waals surface area contributed by atoms with Gasteiger partial charge in [-0.05, 0) is 11.6 Å². The molecule has 1 aromatic rings. The first-order valence-electron chi connectivity index (χ1n) is 9.59. The van der Waals surface area contributed by atoms with E-state index in [0.717, 1.165) is 18.3 Å². The van der Waals surface area contributed by atoms with Gasteiger partial charge in [-0.3, -0.25) is 0 Å². The molecule has 0 N–H and O–H groups in total. The number of allylic oxidation sites excluding steroid dienone is 1. The van der Waals surface area contributed by atoms with Crippen LogP contribution in [0.15, 0.2) is 41.5 Å². The van der Waals surface area contributed by atoms with Crippen molar-refractivity contribution in [2.24, 2.45) is 0 Å². The van der Waals surface area contributed by atoms with Gasteiger partial charge < -0.3 is 0 Å². The molecule has 2 aliphatic heterocycles.